The number of hydrogen-bond acceptors (Lipinski definition) is 3. The Labute approximate surface area is 88.9 Å². The molecule has 0 aliphatic rings. The first-order chi connectivity index (χ1) is 7.13. The maximum absolute atomic E-state index is 5.10. The number of fused-ring (bicyclic) bond motifs is 1. The van der Waals surface area contributed by atoms with Gasteiger partial charge in [-0.2, -0.15) is 9.97 Å². The molecule has 0 fully saturated rings. The first-order valence-corrected chi connectivity index (χ1v) is 5.00. The fourth-order valence-electron chi connectivity index (χ4n) is 1.67. The Kier molecular flexibility index (Phi) is 2.34. The molecule has 0 spiro atoms. The molecule has 0 aliphatic carbocycles. The van der Waals surface area contributed by atoms with Gasteiger partial charge in [-0.05, 0) is 12.0 Å². The number of hydrogen-bond donors (Lipinski definition) is 0. The van der Waals surface area contributed by atoms with E-state index >= 15 is 0 Å². The Morgan fingerprint density at radius 1 is 1.33 bits per heavy atom. The maximum atomic E-state index is 5.10. The Morgan fingerprint density at radius 3 is 2.67 bits per heavy atom. The second-order valence-corrected chi connectivity index (χ2v) is 3.91. The highest BCUT2D eigenvalue weighted by atomic mass is 16.5. The van der Waals surface area contributed by atoms with Gasteiger partial charge in [-0.3, -0.25) is 0 Å². The van der Waals surface area contributed by atoms with Crippen molar-refractivity contribution < 1.29 is 4.74 Å². The summed E-state index contributed by atoms with van der Waals surface area (Å²) >= 11 is 0. The summed E-state index contributed by atoms with van der Waals surface area (Å²) < 4.78 is 7.08. The lowest BCUT2D eigenvalue weighted by Gasteiger charge is -2.08. The van der Waals surface area contributed by atoms with Gasteiger partial charge in [0.25, 0.3) is 0 Å². The molecule has 0 aromatic carbocycles. The van der Waals surface area contributed by atoms with Gasteiger partial charge in [-0.25, -0.2) is 0 Å². The Morgan fingerprint density at radius 2 is 2.07 bits per heavy atom. The number of ether oxygens (including phenoxy) is 1. The molecule has 0 unspecified atom stereocenters. The van der Waals surface area contributed by atoms with Crippen LogP contribution in [0.5, 0.6) is 6.01 Å². The van der Waals surface area contributed by atoms with Crippen molar-refractivity contribution in [3.05, 3.63) is 18.0 Å². The van der Waals surface area contributed by atoms with E-state index in [0.717, 1.165) is 16.7 Å². The summed E-state index contributed by atoms with van der Waals surface area (Å²) in [6, 6.07) is 2.48. The van der Waals surface area contributed by atoms with Crippen LogP contribution in [-0.4, -0.2) is 21.6 Å². The highest BCUT2D eigenvalue weighted by Crippen LogP contribution is 2.24. The van der Waals surface area contributed by atoms with E-state index in [1.165, 1.54) is 0 Å². The predicted octanol–water partition coefficient (Wildman–Crippen LogP) is 2.10. The summed E-state index contributed by atoms with van der Waals surface area (Å²) in [7, 11) is 3.56. The zero-order valence-electron chi connectivity index (χ0n) is 9.48. The molecule has 0 N–H and O–H groups in total. The van der Waals surface area contributed by atoms with Crippen LogP contribution in [0, 0.1) is 0 Å². The average Bonchev–Trinajstić information content (AvgIpc) is 2.59. The molecule has 2 rings (SSSR count). The average molecular weight is 205 g/mol. The van der Waals surface area contributed by atoms with Gasteiger partial charge >= 0.3 is 6.01 Å². The third-order valence-corrected chi connectivity index (χ3v) is 2.46. The van der Waals surface area contributed by atoms with Gasteiger partial charge in [0.2, 0.25) is 0 Å². The number of rotatable bonds is 2. The van der Waals surface area contributed by atoms with E-state index in [-0.39, 0.29) is 0 Å². The van der Waals surface area contributed by atoms with E-state index in [4.69, 9.17) is 4.74 Å². The summed E-state index contributed by atoms with van der Waals surface area (Å²) in [4.78, 5) is 8.71. The van der Waals surface area contributed by atoms with Crippen LogP contribution in [-0.2, 0) is 7.05 Å². The second-order valence-electron chi connectivity index (χ2n) is 3.91. The molecule has 0 radical (unpaired) electrons. The number of aromatic nitrogens is 3. The molecule has 0 saturated carbocycles. The molecule has 2 heterocycles. The van der Waals surface area contributed by atoms with Crippen molar-refractivity contribution >= 4 is 11.0 Å². The lowest BCUT2D eigenvalue weighted by atomic mass is 10.1. The van der Waals surface area contributed by atoms with Crippen molar-refractivity contribution in [1.82, 2.24) is 14.5 Å². The Hall–Kier alpha value is -1.58. The lowest BCUT2D eigenvalue weighted by Crippen LogP contribution is -2.01. The van der Waals surface area contributed by atoms with Crippen LogP contribution in [0.1, 0.15) is 25.5 Å². The van der Waals surface area contributed by atoms with Gasteiger partial charge in [-0.1, -0.05) is 13.8 Å². The predicted molar refractivity (Wildman–Crippen MR) is 59.2 cm³/mol. The summed E-state index contributed by atoms with van der Waals surface area (Å²) in [6.07, 6.45) is 1.99. The fraction of sp³-hybridized carbons (Fsp3) is 0.455. The normalized spacial score (nSPS) is 11.3. The Balaban J connectivity index is 2.76. The molecule has 0 aliphatic heterocycles. The largest absolute Gasteiger partial charge is 0.467 e. The van der Waals surface area contributed by atoms with Gasteiger partial charge in [0, 0.05) is 18.6 Å². The van der Waals surface area contributed by atoms with Gasteiger partial charge < -0.3 is 9.30 Å². The van der Waals surface area contributed by atoms with Crippen LogP contribution in [0.25, 0.3) is 11.0 Å². The summed E-state index contributed by atoms with van der Waals surface area (Å²) in [6.45, 7) is 4.24. The highest BCUT2D eigenvalue weighted by Gasteiger charge is 2.12. The van der Waals surface area contributed by atoms with E-state index in [1.807, 2.05) is 23.9 Å². The molecule has 15 heavy (non-hydrogen) atoms. The third-order valence-electron chi connectivity index (χ3n) is 2.46. The Bertz CT molecular complexity index is 488. The van der Waals surface area contributed by atoms with E-state index < -0.39 is 0 Å². The molecule has 4 heteroatoms. The first-order valence-electron chi connectivity index (χ1n) is 5.00. The molecule has 2 aromatic heterocycles. The van der Waals surface area contributed by atoms with Crippen molar-refractivity contribution in [3.63, 3.8) is 0 Å². The van der Waals surface area contributed by atoms with Crippen LogP contribution >= 0.6 is 0 Å². The number of nitrogens with zero attached hydrogens (tertiary/aromatic N) is 3. The van der Waals surface area contributed by atoms with Crippen molar-refractivity contribution in [2.75, 3.05) is 7.11 Å². The molecule has 2 aromatic rings. The van der Waals surface area contributed by atoms with Crippen LogP contribution in [0.2, 0.25) is 0 Å². The minimum absolute atomic E-state index is 0.367. The SMILES string of the molecule is COc1nc(C(C)C)c2ccn(C)c2n1. The van der Waals surface area contributed by atoms with E-state index in [0.29, 0.717) is 11.9 Å². The molecule has 80 valence electrons. The topological polar surface area (TPSA) is 39.9 Å². The molecule has 0 bridgehead atoms. The van der Waals surface area contributed by atoms with Crippen LogP contribution < -0.4 is 4.74 Å². The quantitative estimate of drug-likeness (QED) is 0.753. The van der Waals surface area contributed by atoms with Gasteiger partial charge in [0.1, 0.15) is 5.65 Å². The fourth-order valence-corrected chi connectivity index (χ4v) is 1.67. The van der Waals surface area contributed by atoms with E-state index in [1.54, 1.807) is 7.11 Å². The number of aryl methyl sites for hydroxylation is 1. The molecular weight excluding hydrogens is 190 g/mol. The first kappa shape index (κ1) is 9.96. The summed E-state index contributed by atoms with van der Waals surface area (Å²) in [5.74, 6) is 0.367. The minimum atomic E-state index is 0.367. The zero-order valence-corrected chi connectivity index (χ0v) is 9.48. The van der Waals surface area contributed by atoms with Crippen molar-refractivity contribution in [1.29, 1.82) is 0 Å². The maximum Gasteiger partial charge on any atom is 0.318 e. The smallest absolute Gasteiger partial charge is 0.318 e. The van der Waals surface area contributed by atoms with Crippen molar-refractivity contribution in [2.24, 2.45) is 7.05 Å². The monoisotopic (exact) mass is 205 g/mol. The van der Waals surface area contributed by atoms with Crippen LogP contribution in [0.3, 0.4) is 0 Å². The lowest BCUT2D eigenvalue weighted by molar-refractivity contribution is 0.379. The molecular formula is C11H15N3O. The minimum Gasteiger partial charge on any atom is -0.467 e. The van der Waals surface area contributed by atoms with Gasteiger partial charge in [0.05, 0.1) is 12.8 Å². The molecule has 4 nitrogen and oxygen atoms in total. The third kappa shape index (κ3) is 1.56. The van der Waals surface area contributed by atoms with E-state index in [2.05, 4.69) is 23.8 Å². The summed E-state index contributed by atoms with van der Waals surface area (Å²) in [5.41, 5.74) is 1.96. The van der Waals surface area contributed by atoms with E-state index in [9.17, 15) is 0 Å². The van der Waals surface area contributed by atoms with Gasteiger partial charge in [0.15, 0.2) is 0 Å². The summed E-state index contributed by atoms with van der Waals surface area (Å²) in [5, 5.41) is 1.10. The van der Waals surface area contributed by atoms with Crippen molar-refractivity contribution in [3.8, 4) is 6.01 Å². The number of methoxy groups -OCH3 is 1. The standard InChI is InChI=1S/C11H15N3O/c1-7(2)9-8-5-6-14(3)10(8)13-11(12-9)15-4/h5-7H,1-4H3. The van der Waals surface area contributed by atoms with Crippen LogP contribution in [0.4, 0.5) is 0 Å². The zero-order chi connectivity index (χ0) is 11.0. The molecule has 0 atom stereocenters. The van der Waals surface area contributed by atoms with Gasteiger partial charge in [-0.15, -0.1) is 0 Å². The van der Waals surface area contributed by atoms with Crippen LogP contribution in [0.15, 0.2) is 12.3 Å². The highest BCUT2D eigenvalue weighted by molar-refractivity contribution is 5.79. The van der Waals surface area contributed by atoms with Crippen molar-refractivity contribution in [2.45, 2.75) is 19.8 Å². The second kappa shape index (κ2) is 3.53. The molecule has 0 amide bonds. The molecule has 0 saturated heterocycles.